The first-order chi connectivity index (χ1) is 23.6. The van der Waals surface area contributed by atoms with Crippen molar-refractivity contribution in [2.24, 2.45) is 11.1 Å². The summed E-state index contributed by atoms with van der Waals surface area (Å²) in [6.07, 6.45) is 10.2. The first kappa shape index (κ1) is 32.7. The van der Waals surface area contributed by atoms with E-state index in [-0.39, 0.29) is 35.5 Å². The molecule has 49 heavy (non-hydrogen) atoms. The van der Waals surface area contributed by atoms with Gasteiger partial charge in [0, 0.05) is 35.8 Å². The van der Waals surface area contributed by atoms with E-state index in [1.165, 1.54) is 44.2 Å². The van der Waals surface area contributed by atoms with E-state index in [2.05, 4.69) is 10.3 Å². The van der Waals surface area contributed by atoms with E-state index in [0.717, 1.165) is 42.0 Å². The molecule has 7 rings (SSSR count). The minimum atomic E-state index is -1.56. The van der Waals surface area contributed by atoms with Gasteiger partial charge in [-0.05, 0) is 74.9 Å². The lowest BCUT2D eigenvalue weighted by atomic mass is 9.94. The summed E-state index contributed by atoms with van der Waals surface area (Å²) in [4.78, 5) is 31.1. The number of rotatable bonds is 12. The van der Waals surface area contributed by atoms with Gasteiger partial charge in [0.1, 0.15) is 23.5 Å². The zero-order valence-electron chi connectivity index (χ0n) is 27.1. The molecule has 4 aromatic rings. The topological polar surface area (TPSA) is 116 Å². The molecule has 0 aliphatic heterocycles. The predicted molar refractivity (Wildman–Crippen MR) is 177 cm³/mol. The van der Waals surface area contributed by atoms with E-state index in [0.29, 0.717) is 40.8 Å². The Hall–Kier alpha value is -4.84. The number of hydrogen-bond acceptors (Lipinski definition) is 7. The summed E-state index contributed by atoms with van der Waals surface area (Å²) in [5.74, 6) is -3.50. The Bertz CT molecular complexity index is 1920. The maximum absolute atomic E-state index is 15.8. The number of carbonyl (C=O) groups excluding carboxylic acids is 2. The fourth-order valence-electron chi connectivity index (χ4n) is 6.62. The van der Waals surface area contributed by atoms with Gasteiger partial charge >= 0.3 is 0 Å². The average Bonchev–Trinajstić information content (AvgIpc) is 4.03. The highest BCUT2D eigenvalue weighted by Gasteiger charge is 2.57. The fraction of sp³-hybridized carbons (Fsp3) is 0.378. The summed E-state index contributed by atoms with van der Waals surface area (Å²) in [7, 11) is 1.55. The normalized spacial score (nSPS) is 17.7. The number of hydrogen-bond donors (Lipinski definition) is 2. The van der Waals surface area contributed by atoms with Crippen molar-refractivity contribution in [3.8, 4) is 23.0 Å². The number of anilines is 2. The van der Waals surface area contributed by atoms with Gasteiger partial charge in [-0.3, -0.25) is 19.5 Å². The van der Waals surface area contributed by atoms with Crippen molar-refractivity contribution in [3.63, 3.8) is 0 Å². The molecule has 12 heteroatoms. The Morgan fingerprint density at radius 2 is 1.67 bits per heavy atom. The standard InChI is InChI=1S/C37H37F3N4O5/c1-47-32-19-25-29(20-33(32)48-21-36(12-13-36)43-22-5-3-2-4-6-22)42-16-11-31(25)49-24-8-10-30(28(40)18-24)44(23-7-9-26(38)27(39)17-23)35(46)37(14-15-37)34(41)45/h7-11,16-20,22,43H,2-6,12-15,21H2,1H3,(H2,41,45). The summed E-state index contributed by atoms with van der Waals surface area (Å²) >= 11 is 0. The Morgan fingerprint density at radius 3 is 2.33 bits per heavy atom. The molecule has 9 nitrogen and oxygen atoms in total. The lowest BCUT2D eigenvalue weighted by Gasteiger charge is -2.28. The monoisotopic (exact) mass is 674 g/mol. The van der Waals surface area contributed by atoms with E-state index in [1.807, 2.05) is 0 Å². The number of amides is 2. The number of nitrogens with one attached hydrogen (secondary N) is 1. The number of nitrogens with zero attached hydrogens (tertiary/aromatic N) is 2. The molecule has 3 N–H and O–H groups in total. The van der Waals surface area contributed by atoms with Gasteiger partial charge in [-0.1, -0.05) is 19.3 Å². The molecule has 3 aliphatic carbocycles. The lowest BCUT2D eigenvalue weighted by molar-refractivity contribution is -0.133. The van der Waals surface area contributed by atoms with Crippen LogP contribution in [0.2, 0.25) is 0 Å². The number of aromatic nitrogens is 1. The van der Waals surface area contributed by atoms with Crippen LogP contribution in [-0.4, -0.2) is 42.1 Å². The molecule has 1 aromatic heterocycles. The van der Waals surface area contributed by atoms with Crippen LogP contribution in [0.5, 0.6) is 23.0 Å². The molecule has 0 radical (unpaired) electrons. The van der Waals surface area contributed by atoms with Gasteiger partial charge in [0.05, 0.1) is 29.5 Å². The number of primary amides is 1. The van der Waals surface area contributed by atoms with Gasteiger partial charge in [-0.2, -0.15) is 0 Å². The summed E-state index contributed by atoms with van der Waals surface area (Å²) in [6.45, 7) is 0.512. The second-order valence-electron chi connectivity index (χ2n) is 13.3. The van der Waals surface area contributed by atoms with Crippen LogP contribution in [-0.2, 0) is 9.59 Å². The first-order valence-corrected chi connectivity index (χ1v) is 16.6. The van der Waals surface area contributed by atoms with Gasteiger partial charge in [0.25, 0.3) is 0 Å². The number of nitrogens with two attached hydrogens (primary N) is 1. The highest BCUT2D eigenvalue weighted by atomic mass is 19.2. The Kier molecular flexibility index (Phi) is 8.60. The van der Waals surface area contributed by atoms with Crippen LogP contribution in [0.1, 0.15) is 57.8 Å². The van der Waals surface area contributed by atoms with Crippen molar-refractivity contribution in [1.82, 2.24) is 10.3 Å². The van der Waals surface area contributed by atoms with Gasteiger partial charge in [0.15, 0.2) is 29.0 Å². The second kappa shape index (κ2) is 12.9. The number of carbonyl (C=O) groups is 2. The number of pyridine rings is 1. The highest BCUT2D eigenvalue weighted by molar-refractivity contribution is 6.16. The van der Waals surface area contributed by atoms with E-state index in [9.17, 15) is 18.4 Å². The SMILES string of the molecule is COc1cc2c(Oc3ccc(N(C(=O)C4(C(N)=O)CC4)c4ccc(F)c(F)c4)c(F)c3)ccnc2cc1OCC1(NC2CCCCC2)CC1. The van der Waals surface area contributed by atoms with Crippen molar-refractivity contribution in [2.45, 2.75) is 69.4 Å². The quantitative estimate of drug-likeness (QED) is 0.153. The fourth-order valence-corrected chi connectivity index (χ4v) is 6.62. The number of halogens is 3. The zero-order valence-corrected chi connectivity index (χ0v) is 27.1. The zero-order chi connectivity index (χ0) is 34.3. The number of methoxy groups -OCH3 is 1. The van der Waals surface area contributed by atoms with E-state index < -0.39 is 34.7 Å². The molecule has 0 saturated heterocycles. The predicted octanol–water partition coefficient (Wildman–Crippen LogP) is 7.22. The van der Waals surface area contributed by atoms with Crippen LogP contribution in [0.25, 0.3) is 10.9 Å². The summed E-state index contributed by atoms with van der Waals surface area (Å²) in [6, 6.07) is 12.2. The molecular weight excluding hydrogens is 637 g/mol. The third-order valence-electron chi connectivity index (χ3n) is 9.84. The molecule has 2 amide bonds. The molecular formula is C37H37F3N4O5. The maximum Gasteiger partial charge on any atom is 0.247 e. The van der Waals surface area contributed by atoms with Crippen molar-refractivity contribution in [1.29, 1.82) is 0 Å². The minimum absolute atomic E-state index is 0.0270. The second-order valence-corrected chi connectivity index (χ2v) is 13.3. The van der Waals surface area contributed by atoms with Crippen LogP contribution >= 0.6 is 0 Å². The molecule has 256 valence electrons. The Labute approximate surface area is 281 Å². The molecule has 3 aliphatic rings. The Balaban J connectivity index is 1.13. The van der Waals surface area contributed by atoms with Crippen molar-refractivity contribution in [3.05, 3.63) is 78.2 Å². The molecule has 0 unspecified atom stereocenters. The lowest BCUT2D eigenvalue weighted by Crippen LogP contribution is -2.44. The van der Waals surface area contributed by atoms with Crippen LogP contribution in [0.15, 0.2) is 60.8 Å². The van der Waals surface area contributed by atoms with E-state index in [4.69, 9.17) is 19.9 Å². The van der Waals surface area contributed by atoms with Crippen LogP contribution in [0, 0.1) is 22.9 Å². The molecule has 0 atom stereocenters. The van der Waals surface area contributed by atoms with Gasteiger partial charge < -0.3 is 25.3 Å². The van der Waals surface area contributed by atoms with Crippen LogP contribution < -0.4 is 30.2 Å². The van der Waals surface area contributed by atoms with Crippen LogP contribution in [0.3, 0.4) is 0 Å². The third kappa shape index (κ3) is 6.49. The molecule has 3 saturated carbocycles. The summed E-state index contributed by atoms with van der Waals surface area (Å²) < 4.78 is 61.9. The number of ether oxygens (including phenoxy) is 3. The summed E-state index contributed by atoms with van der Waals surface area (Å²) in [5.41, 5.74) is 4.06. The maximum atomic E-state index is 15.8. The van der Waals surface area contributed by atoms with E-state index in [1.54, 1.807) is 31.5 Å². The van der Waals surface area contributed by atoms with Crippen molar-refractivity contribution >= 4 is 34.1 Å². The molecule has 3 fully saturated rings. The largest absolute Gasteiger partial charge is 0.493 e. The van der Waals surface area contributed by atoms with Crippen LogP contribution in [0.4, 0.5) is 24.5 Å². The van der Waals surface area contributed by atoms with Gasteiger partial charge in [0.2, 0.25) is 11.8 Å². The smallest absolute Gasteiger partial charge is 0.247 e. The summed E-state index contributed by atoms with van der Waals surface area (Å²) in [5, 5.41) is 4.42. The van der Waals surface area contributed by atoms with E-state index >= 15 is 4.39 Å². The molecule has 3 aromatic carbocycles. The highest BCUT2D eigenvalue weighted by Crippen LogP contribution is 2.50. The van der Waals surface area contributed by atoms with Gasteiger partial charge in [-0.15, -0.1) is 0 Å². The Morgan fingerprint density at radius 1 is 0.898 bits per heavy atom. The molecule has 0 bridgehead atoms. The first-order valence-electron chi connectivity index (χ1n) is 16.6. The number of fused-ring (bicyclic) bond motifs is 1. The van der Waals surface area contributed by atoms with Crippen molar-refractivity contribution < 1.29 is 37.0 Å². The molecule has 0 spiro atoms. The minimum Gasteiger partial charge on any atom is -0.493 e. The number of benzene rings is 3. The third-order valence-corrected chi connectivity index (χ3v) is 9.84. The van der Waals surface area contributed by atoms with Gasteiger partial charge in [-0.25, -0.2) is 13.2 Å². The average molecular weight is 675 g/mol. The molecule has 1 heterocycles. The van der Waals surface area contributed by atoms with Crippen molar-refractivity contribution in [2.75, 3.05) is 18.6 Å².